The van der Waals surface area contributed by atoms with Crippen LogP contribution >= 0.6 is 0 Å². The van der Waals surface area contributed by atoms with E-state index in [1.54, 1.807) is 0 Å². The first-order chi connectivity index (χ1) is 7.38. The lowest BCUT2D eigenvalue weighted by atomic mass is 10.0. The predicted octanol–water partition coefficient (Wildman–Crippen LogP) is 1.10. The number of nitrogens with zero attached hydrogens (tertiary/aromatic N) is 1. The largest absolute Gasteiger partial charge is 0.377 e. The first-order valence-electron chi connectivity index (χ1n) is 6.43. The molecule has 2 saturated heterocycles. The van der Waals surface area contributed by atoms with Crippen molar-refractivity contribution in [3.8, 4) is 0 Å². The molecule has 2 aliphatic heterocycles. The molecule has 0 saturated carbocycles. The fourth-order valence-electron chi connectivity index (χ4n) is 2.44. The Balaban J connectivity index is 1.66. The summed E-state index contributed by atoms with van der Waals surface area (Å²) in [4.78, 5) is 2.59. The van der Waals surface area contributed by atoms with Crippen LogP contribution in [0.3, 0.4) is 0 Å². The molecule has 2 fully saturated rings. The van der Waals surface area contributed by atoms with Crippen molar-refractivity contribution in [2.24, 2.45) is 5.92 Å². The maximum absolute atomic E-state index is 5.84. The van der Waals surface area contributed by atoms with Crippen molar-refractivity contribution < 1.29 is 4.74 Å². The second-order valence-electron chi connectivity index (χ2n) is 4.92. The average Bonchev–Trinajstić information content (AvgIpc) is 2.21. The van der Waals surface area contributed by atoms with Crippen LogP contribution in [0.4, 0.5) is 0 Å². The summed E-state index contributed by atoms with van der Waals surface area (Å²) in [5.41, 5.74) is 0. The van der Waals surface area contributed by atoms with Gasteiger partial charge >= 0.3 is 0 Å². The minimum atomic E-state index is 0.506. The molecule has 0 spiro atoms. The summed E-state index contributed by atoms with van der Waals surface area (Å²) in [6, 6.07) is 0. The number of hydrogen-bond acceptors (Lipinski definition) is 3. The highest BCUT2D eigenvalue weighted by molar-refractivity contribution is 4.81. The van der Waals surface area contributed by atoms with E-state index in [1.165, 1.54) is 39.0 Å². The van der Waals surface area contributed by atoms with E-state index in [0.717, 1.165) is 25.5 Å². The lowest BCUT2D eigenvalue weighted by Gasteiger charge is -2.37. The molecule has 0 aromatic carbocycles. The summed E-state index contributed by atoms with van der Waals surface area (Å²) in [6.07, 6.45) is 4.23. The minimum absolute atomic E-state index is 0.506. The van der Waals surface area contributed by atoms with E-state index >= 15 is 0 Å². The highest BCUT2D eigenvalue weighted by atomic mass is 16.5. The van der Waals surface area contributed by atoms with Gasteiger partial charge in [-0.15, -0.1) is 0 Å². The molecule has 88 valence electrons. The second-order valence-corrected chi connectivity index (χ2v) is 4.92. The zero-order valence-electron chi connectivity index (χ0n) is 9.87. The minimum Gasteiger partial charge on any atom is -0.377 e. The molecule has 0 bridgehead atoms. The lowest BCUT2D eigenvalue weighted by Crippen LogP contribution is -2.51. The summed E-state index contributed by atoms with van der Waals surface area (Å²) < 4.78 is 5.84. The van der Waals surface area contributed by atoms with Crippen LogP contribution in [0.1, 0.15) is 26.2 Å². The van der Waals surface area contributed by atoms with Gasteiger partial charge in [0.05, 0.1) is 6.10 Å². The molecule has 0 amide bonds. The molecule has 1 atom stereocenters. The van der Waals surface area contributed by atoms with Crippen LogP contribution in [0, 0.1) is 5.92 Å². The summed E-state index contributed by atoms with van der Waals surface area (Å²) >= 11 is 0. The standard InChI is InChI=1S/C12H24N2O/c1-2-6-15-12-4-3-5-14(10-12)9-11-7-13-8-11/h11-13H,2-10H2,1H3. The van der Waals surface area contributed by atoms with Crippen molar-refractivity contribution >= 4 is 0 Å². The van der Waals surface area contributed by atoms with Gasteiger partial charge in [0.15, 0.2) is 0 Å². The number of ether oxygens (including phenoxy) is 1. The van der Waals surface area contributed by atoms with Gasteiger partial charge in [0.2, 0.25) is 0 Å². The Kier molecular flexibility index (Phi) is 4.42. The van der Waals surface area contributed by atoms with Gasteiger partial charge in [0.1, 0.15) is 0 Å². The zero-order valence-corrected chi connectivity index (χ0v) is 9.87. The molecular weight excluding hydrogens is 188 g/mol. The topological polar surface area (TPSA) is 24.5 Å². The Bertz CT molecular complexity index is 182. The van der Waals surface area contributed by atoms with Crippen LogP contribution in [-0.2, 0) is 4.74 Å². The highest BCUT2D eigenvalue weighted by Gasteiger charge is 2.25. The average molecular weight is 212 g/mol. The Morgan fingerprint density at radius 2 is 2.27 bits per heavy atom. The van der Waals surface area contributed by atoms with E-state index in [0.29, 0.717) is 6.10 Å². The van der Waals surface area contributed by atoms with E-state index in [2.05, 4.69) is 17.1 Å². The molecule has 1 N–H and O–H groups in total. The molecule has 2 rings (SSSR count). The number of piperidine rings is 1. The van der Waals surface area contributed by atoms with Crippen LogP contribution in [0.2, 0.25) is 0 Å². The van der Waals surface area contributed by atoms with Gasteiger partial charge in [0, 0.05) is 32.8 Å². The molecule has 0 aromatic rings. The van der Waals surface area contributed by atoms with Gasteiger partial charge in [-0.2, -0.15) is 0 Å². The van der Waals surface area contributed by atoms with Gasteiger partial charge in [0.25, 0.3) is 0 Å². The fraction of sp³-hybridized carbons (Fsp3) is 1.00. The van der Waals surface area contributed by atoms with Crippen molar-refractivity contribution in [3.63, 3.8) is 0 Å². The van der Waals surface area contributed by atoms with Gasteiger partial charge in [-0.3, -0.25) is 0 Å². The molecule has 0 radical (unpaired) electrons. The number of likely N-dealkylation sites (tertiary alicyclic amines) is 1. The molecular formula is C12H24N2O. The van der Waals surface area contributed by atoms with Crippen molar-refractivity contribution in [2.45, 2.75) is 32.3 Å². The molecule has 15 heavy (non-hydrogen) atoms. The third-order valence-corrected chi connectivity index (χ3v) is 3.40. The Morgan fingerprint density at radius 3 is 2.93 bits per heavy atom. The molecule has 3 nitrogen and oxygen atoms in total. The van der Waals surface area contributed by atoms with Crippen molar-refractivity contribution in [2.75, 3.05) is 39.3 Å². The summed E-state index contributed by atoms with van der Waals surface area (Å²) in [6.45, 7) is 9.27. The molecule has 0 aromatic heterocycles. The molecule has 2 heterocycles. The quantitative estimate of drug-likeness (QED) is 0.738. The van der Waals surface area contributed by atoms with E-state index in [-0.39, 0.29) is 0 Å². The third-order valence-electron chi connectivity index (χ3n) is 3.40. The Hall–Kier alpha value is -0.120. The molecule has 2 aliphatic rings. The summed E-state index contributed by atoms with van der Waals surface area (Å²) in [7, 11) is 0. The summed E-state index contributed by atoms with van der Waals surface area (Å²) in [5.74, 6) is 0.898. The van der Waals surface area contributed by atoms with Gasteiger partial charge in [-0.05, 0) is 31.7 Å². The van der Waals surface area contributed by atoms with Crippen molar-refractivity contribution in [3.05, 3.63) is 0 Å². The SMILES string of the molecule is CCCOC1CCCN(CC2CNC2)C1. The van der Waals surface area contributed by atoms with Crippen LogP contribution in [0.15, 0.2) is 0 Å². The van der Waals surface area contributed by atoms with Gasteiger partial charge in [-0.25, -0.2) is 0 Å². The van der Waals surface area contributed by atoms with Crippen LogP contribution in [0.25, 0.3) is 0 Å². The fourth-order valence-corrected chi connectivity index (χ4v) is 2.44. The predicted molar refractivity (Wildman–Crippen MR) is 62.1 cm³/mol. The lowest BCUT2D eigenvalue weighted by molar-refractivity contribution is -0.00588. The zero-order chi connectivity index (χ0) is 10.5. The third kappa shape index (κ3) is 3.44. The first kappa shape index (κ1) is 11.4. The Labute approximate surface area is 93.2 Å². The smallest absolute Gasteiger partial charge is 0.0702 e. The molecule has 3 heteroatoms. The van der Waals surface area contributed by atoms with Crippen molar-refractivity contribution in [1.29, 1.82) is 0 Å². The molecule has 0 aliphatic carbocycles. The number of nitrogens with one attached hydrogen (secondary N) is 1. The Morgan fingerprint density at radius 1 is 1.40 bits per heavy atom. The van der Waals surface area contributed by atoms with E-state index in [9.17, 15) is 0 Å². The maximum atomic E-state index is 5.84. The second kappa shape index (κ2) is 5.83. The normalized spacial score (nSPS) is 29.0. The van der Waals surface area contributed by atoms with E-state index < -0.39 is 0 Å². The maximum Gasteiger partial charge on any atom is 0.0702 e. The monoisotopic (exact) mass is 212 g/mol. The highest BCUT2D eigenvalue weighted by Crippen LogP contribution is 2.16. The van der Waals surface area contributed by atoms with E-state index in [1.807, 2.05) is 0 Å². The van der Waals surface area contributed by atoms with Gasteiger partial charge < -0.3 is 15.0 Å². The van der Waals surface area contributed by atoms with Crippen LogP contribution in [0.5, 0.6) is 0 Å². The molecule has 1 unspecified atom stereocenters. The van der Waals surface area contributed by atoms with Crippen LogP contribution < -0.4 is 5.32 Å². The number of hydrogen-bond donors (Lipinski definition) is 1. The van der Waals surface area contributed by atoms with Gasteiger partial charge in [-0.1, -0.05) is 6.92 Å². The summed E-state index contributed by atoms with van der Waals surface area (Å²) in [5, 5.41) is 3.34. The van der Waals surface area contributed by atoms with E-state index in [4.69, 9.17) is 4.74 Å². The number of rotatable bonds is 5. The van der Waals surface area contributed by atoms with Crippen LogP contribution in [-0.4, -0.2) is 50.3 Å². The van der Waals surface area contributed by atoms with Crippen molar-refractivity contribution in [1.82, 2.24) is 10.2 Å². The first-order valence-corrected chi connectivity index (χ1v) is 6.43.